The van der Waals surface area contributed by atoms with Crippen molar-refractivity contribution in [3.05, 3.63) is 69.7 Å². The molecule has 0 saturated carbocycles. The van der Waals surface area contributed by atoms with Gasteiger partial charge < -0.3 is 14.3 Å². The van der Waals surface area contributed by atoms with Gasteiger partial charge in [-0.3, -0.25) is 24.8 Å². The molecule has 4 aromatic heterocycles. The monoisotopic (exact) mass is 529 g/mol. The van der Waals surface area contributed by atoms with Gasteiger partial charge in [0.2, 0.25) is 5.95 Å². The minimum absolute atomic E-state index is 0.216. The normalized spacial score (nSPS) is 14.3. The number of pyridine rings is 1. The fourth-order valence-corrected chi connectivity index (χ4v) is 5.60. The Hall–Kier alpha value is -3.93. The van der Waals surface area contributed by atoms with Crippen LogP contribution in [0.5, 0.6) is 0 Å². The minimum Gasteiger partial charge on any atom is -0.379 e. The molecule has 1 amide bonds. The molecule has 0 radical (unpaired) electrons. The number of hydrogen-bond acceptors (Lipinski definition) is 8. The number of carbonyl (C=O) groups excluding carboxylic acids is 1. The third-order valence-electron chi connectivity index (χ3n) is 6.71. The first-order chi connectivity index (χ1) is 18.5. The molecule has 38 heavy (non-hydrogen) atoms. The molecule has 1 aliphatic rings. The van der Waals surface area contributed by atoms with Gasteiger partial charge in [-0.15, -0.1) is 11.3 Å². The Labute approximate surface area is 222 Å². The Balaban J connectivity index is 1.31. The summed E-state index contributed by atoms with van der Waals surface area (Å²) >= 11 is 1.42. The van der Waals surface area contributed by atoms with E-state index in [1.54, 1.807) is 19.3 Å². The van der Waals surface area contributed by atoms with Crippen LogP contribution in [0, 0.1) is 6.92 Å². The summed E-state index contributed by atoms with van der Waals surface area (Å²) in [5, 5.41) is 3.03. The van der Waals surface area contributed by atoms with E-state index in [9.17, 15) is 9.59 Å². The molecule has 5 heterocycles. The van der Waals surface area contributed by atoms with Crippen LogP contribution >= 0.6 is 11.3 Å². The number of morpholine rings is 1. The lowest BCUT2D eigenvalue weighted by Crippen LogP contribution is -2.37. The van der Waals surface area contributed by atoms with Crippen LogP contribution in [-0.2, 0) is 11.3 Å². The number of H-pyrrole nitrogens is 1. The maximum Gasteiger partial charge on any atom is 0.269 e. The highest BCUT2D eigenvalue weighted by Crippen LogP contribution is 2.29. The molecule has 6 rings (SSSR count). The van der Waals surface area contributed by atoms with Gasteiger partial charge in [-0.05, 0) is 55.3 Å². The van der Waals surface area contributed by atoms with E-state index < -0.39 is 0 Å². The minimum atomic E-state index is -0.224. The second-order valence-corrected chi connectivity index (χ2v) is 10.3. The Morgan fingerprint density at radius 1 is 1.08 bits per heavy atom. The standard InChI is InChI=1S/C27H27N7O3S/c1-17-25(35)30-19-15-21-22(16-20(19)29-17)34(10-2-9-33-11-13-37-14-12-33)27(31-21)32-26(36)24-4-3-23(38-24)18-5-7-28-8-6-18/h3-8,15-16H,2,9-14H2,1H3,(H,30,35)(H,31,32,36). The summed E-state index contributed by atoms with van der Waals surface area (Å²) in [6, 6.07) is 11.4. The number of ether oxygens (including phenoxy) is 1. The van der Waals surface area contributed by atoms with E-state index in [1.807, 2.05) is 41.0 Å². The highest BCUT2D eigenvalue weighted by molar-refractivity contribution is 7.17. The molecule has 1 aliphatic heterocycles. The van der Waals surface area contributed by atoms with Crippen LogP contribution in [0.4, 0.5) is 5.95 Å². The van der Waals surface area contributed by atoms with Crippen molar-refractivity contribution in [3.8, 4) is 10.4 Å². The number of aryl methyl sites for hydroxylation is 2. The van der Waals surface area contributed by atoms with Crippen molar-refractivity contribution < 1.29 is 9.53 Å². The molecule has 0 spiro atoms. The van der Waals surface area contributed by atoms with Crippen LogP contribution in [0.2, 0.25) is 0 Å². The van der Waals surface area contributed by atoms with Gasteiger partial charge in [0.05, 0.1) is 40.2 Å². The fourth-order valence-electron chi connectivity index (χ4n) is 4.69. The number of carbonyl (C=O) groups is 1. The number of benzene rings is 1. The zero-order valence-corrected chi connectivity index (χ0v) is 21.8. The predicted octanol–water partition coefficient (Wildman–Crippen LogP) is 3.68. The number of amides is 1. The lowest BCUT2D eigenvalue weighted by Gasteiger charge is -2.26. The van der Waals surface area contributed by atoms with Crippen molar-refractivity contribution in [3.63, 3.8) is 0 Å². The van der Waals surface area contributed by atoms with E-state index >= 15 is 0 Å². The van der Waals surface area contributed by atoms with E-state index in [2.05, 4.69) is 25.2 Å². The molecule has 10 nitrogen and oxygen atoms in total. The van der Waals surface area contributed by atoms with E-state index in [-0.39, 0.29) is 11.5 Å². The number of anilines is 1. The topological polar surface area (TPSA) is 118 Å². The number of rotatable bonds is 7. The first-order valence-corrected chi connectivity index (χ1v) is 13.4. The Kier molecular flexibility index (Phi) is 6.71. The fraction of sp³-hybridized carbons (Fsp3) is 0.296. The van der Waals surface area contributed by atoms with Crippen LogP contribution in [-0.4, -0.2) is 68.2 Å². The second kappa shape index (κ2) is 10.4. The lowest BCUT2D eigenvalue weighted by atomic mass is 10.2. The van der Waals surface area contributed by atoms with Crippen molar-refractivity contribution in [2.75, 3.05) is 38.2 Å². The van der Waals surface area contributed by atoms with Gasteiger partial charge in [-0.25, -0.2) is 9.97 Å². The molecule has 0 atom stereocenters. The van der Waals surface area contributed by atoms with Crippen LogP contribution in [0.25, 0.3) is 32.5 Å². The van der Waals surface area contributed by atoms with Gasteiger partial charge >= 0.3 is 0 Å². The van der Waals surface area contributed by atoms with Crippen LogP contribution in [0.1, 0.15) is 21.8 Å². The van der Waals surface area contributed by atoms with Crippen molar-refractivity contribution in [1.29, 1.82) is 0 Å². The number of aromatic nitrogens is 5. The number of hydrogen-bond donors (Lipinski definition) is 2. The molecule has 5 aromatic rings. The van der Waals surface area contributed by atoms with E-state index in [0.717, 1.165) is 55.2 Å². The lowest BCUT2D eigenvalue weighted by molar-refractivity contribution is 0.0370. The van der Waals surface area contributed by atoms with Gasteiger partial charge in [0, 0.05) is 43.4 Å². The van der Waals surface area contributed by atoms with Gasteiger partial charge in [-0.1, -0.05) is 0 Å². The predicted molar refractivity (Wildman–Crippen MR) is 148 cm³/mol. The average molecular weight is 530 g/mol. The summed E-state index contributed by atoms with van der Waals surface area (Å²) in [4.78, 5) is 45.5. The van der Waals surface area contributed by atoms with E-state index in [1.165, 1.54) is 11.3 Å². The summed E-state index contributed by atoms with van der Waals surface area (Å²) in [6.45, 7) is 6.65. The highest BCUT2D eigenvalue weighted by Gasteiger charge is 2.18. The first-order valence-electron chi connectivity index (χ1n) is 12.6. The molecule has 0 unspecified atom stereocenters. The van der Waals surface area contributed by atoms with Crippen molar-refractivity contribution >= 4 is 45.3 Å². The molecule has 11 heteroatoms. The number of aromatic amines is 1. The smallest absolute Gasteiger partial charge is 0.269 e. The molecule has 1 saturated heterocycles. The number of nitrogens with one attached hydrogen (secondary N) is 2. The molecular weight excluding hydrogens is 502 g/mol. The summed E-state index contributed by atoms with van der Waals surface area (Å²) < 4.78 is 7.50. The maximum absolute atomic E-state index is 13.3. The zero-order chi connectivity index (χ0) is 26.1. The van der Waals surface area contributed by atoms with Crippen LogP contribution in [0.15, 0.2) is 53.6 Å². The van der Waals surface area contributed by atoms with Crippen molar-refractivity contribution in [2.24, 2.45) is 0 Å². The average Bonchev–Trinajstić information content (AvgIpc) is 3.55. The third-order valence-corrected chi connectivity index (χ3v) is 7.84. The third kappa shape index (κ3) is 4.95. The number of imidazole rings is 1. The van der Waals surface area contributed by atoms with Crippen molar-refractivity contribution in [2.45, 2.75) is 19.9 Å². The van der Waals surface area contributed by atoms with Gasteiger partial charge in [0.25, 0.3) is 11.5 Å². The number of nitrogens with zero attached hydrogens (tertiary/aromatic N) is 5. The Morgan fingerprint density at radius 2 is 1.89 bits per heavy atom. The largest absolute Gasteiger partial charge is 0.379 e. The summed E-state index contributed by atoms with van der Waals surface area (Å²) in [5.41, 5.74) is 4.04. The molecular formula is C27H27N7O3S. The highest BCUT2D eigenvalue weighted by atomic mass is 32.1. The summed E-state index contributed by atoms with van der Waals surface area (Å²) in [5.74, 6) is 0.257. The summed E-state index contributed by atoms with van der Waals surface area (Å²) in [7, 11) is 0. The van der Waals surface area contributed by atoms with E-state index in [0.29, 0.717) is 39.6 Å². The number of thiophene rings is 1. The van der Waals surface area contributed by atoms with E-state index in [4.69, 9.17) is 9.72 Å². The molecule has 2 N–H and O–H groups in total. The SMILES string of the molecule is Cc1nc2cc3c(cc2[nH]c1=O)nc(NC(=O)c1ccc(-c2ccncc2)s1)n3CCCN1CCOCC1. The Bertz CT molecular complexity index is 1670. The molecule has 1 aromatic carbocycles. The molecule has 194 valence electrons. The van der Waals surface area contributed by atoms with Crippen molar-refractivity contribution in [1.82, 2.24) is 29.4 Å². The quantitative estimate of drug-likeness (QED) is 0.330. The van der Waals surface area contributed by atoms with Gasteiger partial charge in [0.1, 0.15) is 5.69 Å². The molecule has 1 fully saturated rings. The number of fused-ring (bicyclic) bond motifs is 2. The zero-order valence-electron chi connectivity index (χ0n) is 20.9. The maximum atomic E-state index is 13.3. The molecule has 0 aliphatic carbocycles. The Morgan fingerprint density at radius 3 is 2.71 bits per heavy atom. The summed E-state index contributed by atoms with van der Waals surface area (Å²) in [6.07, 6.45) is 4.36. The van der Waals surface area contributed by atoms with Crippen LogP contribution in [0.3, 0.4) is 0 Å². The van der Waals surface area contributed by atoms with Crippen LogP contribution < -0.4 is 10.9 Å². The van der Waals surface area contributed by atoms with Gasteiger partial charge in [-0.2, -0.15) is 0 Å². The second-order valence-electron chi connectivity index (χ2n) is 9.26. The first kappa shape index (κ1) is 24.4. The van der Waals surface area contributed by atoms with Gasteiger partial charge in [0.15, 0.2) is 0 Å². The molecule has 0 bridgehead atoms.